The highest BCUT2D eigenvalue weighted by molar-refractivity contribution is 5.87. The zero-order valence-electron chi connectivity index (χ0n) is 15.5. The molecule has 1 amide bonds. The van der Waals surface area contributed by atoms with Gasteiger partial charge in [-0.05, 0) is 30.9 Å². The maximum absolute atomic E-state index is 12.6. The third kappa shape index (κ3) is 6.51. The van der Waals surface area contributed by atoms with Crippen molar-refractivity contribution in [3.8, 4) is 0 Å². The fraction of sp³-hybridized carbons (Fsp3) is 0.286. The summed E-state index contributed by atoms with van der Waals surface area (Å²) in [5.74, 6) is -2.80. The molecule has 0 fully saturated rings. The van der Waals surface area contributed by atoms with Crippen LogP contribution in [0.4, 0.5) is 0 Å². The van der Waals surface area contributed by atoms with Crippen LogP contribution in [0.2, 0.25) is 0 Å². The van der Waals surface area contributed by atoms with Crippen LogP contribution in [0, 0.1) is 0 Å². The Morgan fingerprint density at radius 3 is 1.68 bits per heavy atom. The molecule has 0 aliphatic rings. The number of carbonyl (C=O) groups excluding carboxylic acids is 1. The first kappa shape index (κ1) is 21.1. The van der Waals surface area contributed by atoms with Crippen molar-refractivity contribution in [3.63, 3.8) is 0 Å². The maximum Gasteiger partial charge on any atom is 0.325 e. The van der Waals surface area contributed by atoms with Crippen LogP contribution in [-0.4, -0.2) is 46.2 Å². The Kier molecular flexibility index (Phi) is 7.71. The topological polar surface area (TPSA) is 116 Å². The first-order chi connectivity index (χ1) is 13.4. The van der Waals surface area contributed by atoms with Gasteiger partial charge >= 0.3 is 11.9 Å². The van der Waals surface area contributed by atoms with E-state index in [2.05, 4.69) is 10.6 Å². The molecule has 0 aliphatic heterocycles. The minimum atomic E-state index is -1.16. The molecular formula is C21H24N2O5. The van der Waals surface area contributed by atoms with E-state index in [1.54, 1.807) is 0 Å². The smallest absolute Gasteiger partial charge is 0.325 e. The molecule has 0 saturated heterocycles. The highest BCUT2D eigenvalue weighted by Gasteiger charge is 2.28. The van der Waals surface area contributed by atoms with Crippen LogP contribution in [0.1, 0.15) is 18.1 Å². The average molecular weight is 384 g/mol. The van der Waals surface area contributed by atoms with Gasteiger partial charge in [-0.2, -0.15) is 0 Å². The van der Waals surface area contributed by atoms with Crippen LogP contribution in [0.3, 0.4) is 0 Å². The molecule has 3 atom stereocenters. The van der Waals surface area contributed by atoms with Gasteiger partial charge in [0.2, 0.25) is 5.91 Å². The van der Waals surface area contributed by atoms with Crippen molar-refractivity contribution in [2.75, 3.05) is 0 Å². The van der Waals surface area contributed by atoms with Crippen LogP contribution < -0.4 is 10.6 Å². The maximum atomic E-state index is 12.6. The van der Waals surface area contributed by atoms with Gasteiger partial charge in [0.15, 0.2) is 0 Å². The highest BCUT2D eigenvalue weighted by Crippen LogP contribution is 2.08. The van der Waals surface area contributed by atoms with Crippen molar-refractivity contribution in [3.05, 3.63) is 71.8 Å². The summed E-state index contributed by atoms with van der Waals surface area (Å²) in [7, 11) is 0. The molecule has 0 heterocycles. The van der Waals surface area contributed by atoms with Gasteiger partial charge in [0.05, 0.1) is 6.04 Å². The number of aliphatic carboxylic acids is 2. The van der Waals surface area contributed by atoms with E-state index < -0.39 is 36.0 Å². The van der Waals surface area contributed by atoms with Crippen molar-refractivity contribution in [2.24, 2.45) is 0 Å². The molecule has 0 bridgehead atoms. The van der Waals surface area contributed by atoms with E-state index in [-0.39, 0.29) is 12.8 Å². The van der Waals surface area contributed by atoms with Gasteiger partial charge in [-0.3, -0.25) is 19.7 Å². The van der Waals surface area contributed by atoms with Crippen molar-refractivity contribution in [2.45, 2.75) is 37.9 Å². The molecule has 2 aromatic carbocycles. The summed E-state index contributed by atoms with van der Waals surface area (Å²) in [6, 6.07) is 15.3. The first-order valence-corrected chi connectivity index (χ1v) is 8.96. The number of carbonyl (C=O) groups is 3. The predicted octanol–water partition coefficient (Wildman–Crippen LogP) is 1.47. The normalized spacial score (nSPS) is 13.9. The zero-order valence-corrected chi connectivity index (χ0v) is 15.5. The molecule has 0 aromatic heterocycles. The molecule has 1 unspecified atom stereocenters. The van der Waals surface area contributed by atoms with Gasteiger partial charge in [0.25, 0.3) is 0 Å². The Morgan fingerprint density at radius 2 is 1.25 bits per heavy atom. The van der Waals surface area contributed by atoms with Crippen LogP contribution in [0.5, 0.6) is 0 Å². The number of benzene rings is 2. The molecule has 4 N–H and O–H groups in total. The van der Waals surface area contributed by atoms with Crippen molar-refractivity contribution in [1.82, 2.24) is 10.6 Å². The van der Waals surface area contributed by atoms with Gasteiger partial charge in [0.1, 0.15) is 12.1 Å². The van der Waals surface area contributed by atoms with E-state index >= 15 is 0 Å². The predicted molar refractivity (Wildman–Crippen MR) is 104 cm³/mol. The third-order valence-electron chi connectivity index (χ3n) is 4.31. The van der Waals surface area contributed by atoms with E-state index in [0.717, 1.165) is 11.1 Å². The van der Waals surface area contributed by atoms with Crippen LogP contribution >= 0.6 is 0 Å². The number of rotatable bonds is 10. The summed E-state index contributed by atoms with van der Waals surface area (Å²) in [5.41, 5.74) is 1.65. The summed E-state index contributed by atoms with van der Waals surface area (Å²) in [5, 5.41) is 24.0. The van der Waals surface area contributed by atoms with Crippen LogP contribution in [-0.2, 0) is 27.2 Å². The fourth-order valence-corrected chi connectivity index (χ4v) is 2.76. The second-order valence-electron chi connectivity index (χ2n) is 6.56. The second kappa shape index (κ2) is 10.2. The Labute approximate surface area is 163 Å². The quantitative estimate of drug-likeness (QED) is 0.493. The second-order valence-corrected chi connectivity index (χ2v) is 6.56. The van der Waals surface area contributed by atoms with Crippen molar-refractivity contribution < 1.29 is 24.6 Å². The van der Waals surface area contributed by atoms with Crippen LogP contribution in [0.25, 0.3) is 0 Å². The molecule has 7 nitrogen and oxygen atoms in total. The summed E-state index contributed by atoms with van der Waals surface area (Å²) in [6.45, 7) is 1.36. The lowest BCUT2D eigenvalue weighted by molar-refractivity contribution is -0.142. The lowest BCUT2D eigenvalue weighted by Crippen LogP contribution is -2.55. The average Bonchev–Trinajstić information content (AvgIpc) is 2.68. The lowest BCUT2D eigenvalue weighted by Gasteiger charge is -2.24. The van der Waals surface area contributed by atoms with Crippen molar-refractivity contribution >= 4 is 17.8 Å². The Bertz CT molecular complexity index is 795. The van der Waals surface area contributed by atoms with Crippen LogP contribution in [0.15, 0.2) is 60.7 Å². The Morgan fingerprint density at radius 1 is 0.786 bits per heavy atom. The summed E-state index contributed by atoms with van der Waals surface area (Å²) in [6.07, 6.45) is 0.431. The molecule has 7 heteroatoms. The van der Waals surface area contributed by atoms with Crippen molar-refractivity contribution in [1.29, 1.82) is 0 Å². The van der Waals surface area contributed by atoms with E-state index in [1.165, 1.54) is 6.92 Å². The highest BCUT2D eigenvalue weighted by atomic mass is 16.4. The van der Waals surface area contributed by atoms with Gasteiger partial charge in [-0.15, -0.1) is 0 Å². The summed E-state index contributed by atoms with van der Waals surface area (Å²) >= 11 is 0. The molecule has 0 aliphatic carbocycles. The number of carboxylic acid groups (broad SMARTS) is 2. The SMILES string of the molecule is C[C@H](NC(=O)[C@H](Cc1ccccc1)NC(Cc1ccccc1)C(=O)O)C(=O)O. The number of nitrogens with one attached hydrogen (secondary N) is 2. The lowest BCUT2D eigenvalue weighted by atomic mass is 10.0. The largest absolute Gasteiger partial charge is 0.480 e. The summed E-state index contributed by atoms with van der Waals surface area (Å²) < 4.78 is 0. The number of amides is 1. The Hall–Kier alpha value is -3.19. The number of hydrogen-bond acceptors (Lipinski definition) is 4. The van der Waals surface area contributed by atoms with Gasteiger partial charge in [-0.25, -0.2) is 0 Å². The first-order valence-electron chi connectivity index (χ1n) is 8.96. The van der Waals surface area contributed by atoms with Gasteiger partial charge in [0, 0.05) is 0 Å². The van der Waals surface area contributed by atoms with E-state index in [4.69, 9.17) is 5.11 Å². The molecule has 0 saturated carbocycles. The molecule has 0 radical (unpaired) electrons. The summed E-state index contributed by atoms with van der Waals surface area (Å²) in [4.78, 5) is 35.5. The monoisotopic (exact) mass is 384 g/mol. The molecule has 0 spiro atoms. The molecule has 2 aromatic rings. The zero-order chi connectivity index (χ0) is 20.5. The number of carboxylic acids is 2. The van der Waals surface area contributed by atoms with Gasteiger partial charge < -0.3 is 15.5 Å². The standard InChI is InChI=1S/C21H24N2O5/c1-14(20(25)26)22-19(24)17(12-15-8-4-2-5-9-15)23-18(21(27)28)13-16-10-6-3-7-11-16/h2-11,14,17-18,23H,12-13H2,1H3,(H,22,24)(H,25,26)(H,27,28)/t14-,17-,18?/m0/s1. The molecular weight excluding hydrogens is 360 g/mol. The van der Waals surface area contributed by atoms with E-state index in [1.807, 2.05) is 60.7 Å². The van der Waals surface area contributed by atoms with Gasteiger partial charge in [-0.1, -0.05) is 60.7 Å². The third-order valence-corrected chi connectivity index (χ3v) is 4.31. The van der Waals surface area contributed by atoms with E-state index in [0.29, 0.717) is 0 Å². The number of hydrogen-bond donors (Lipinski definition) is 4. The Balaban J connectivity index is 2.18. The molecule has 148 valence electrons. The molecule has 28 heavy (non-hydrogen) atoms. The fourth-order valence-electron chi connectivity index (χ4n) is 2.76. The minimum absolute atomic E-state index is 0.198. The molecule has 2 rings (SSSR count). The van der Waals surface area contributed by atoms with E-state index in [9.17, 15) is 19.5 Å². The minimum Gasteiger partial charge on any atom is -0.480 e.